The average Bonchev–Trinajstić information content (AvgIpc) is 3.24. The van der Waals surface area contributed by atoms with Gasteiger partial charge in [0.1, 0.15) is 11.9 Å². The van der Waals surface area contributed by atoms with Crippen LogP contribution < -0.4 is 5.32 Å². The van der Waals surface area contributed by atoms with Gasteiger partial charge < -0.3 is 19.6 Å². The first kappa shape index (κ1) is 20.2. The molecule has 3 atom stereocenters. The summed E-state index contributed by atoms with van der Waals surface area (Å²) in [7, 11) is 1.66. The summed E-state index contributed by atoms with van der Waals surface area (Å²) in [6.07, 6.45) is -0.638. The molecule has 1 aromatic heterocycles. The number of furan rings is 1. The van der Waals surface area contributed by atoms with Crippen molar-refractivity contribution >= 4 is 11.9 Å². The maximum Gasteiger partial charge on any atom is 0.490 e. The van der Waals surface area contributed by atoms with Crippen molar-refractivity contribution in [3.63, 3.8) is 0 Å². The van der Waals surface area contributed by atoms with Crippen LogP contribution in [0.2, 0.25) is 0 Å². The molecule has 0 spiro atoms. The fourth-order valence-electron chi connectivity index (χ4n) is 3.17. The van der Waals surface area contributed by atoms with Gasteiger partial charge in [-0.1, -0.05) is 0 Å². The van der Waals surface area contributed by atoms with Gasteiger partial charge in [-0.15, -0.1) is 0 Å². The summed E-state index contributed by atoms with van der Waals surface area (Å²) in [5, 5.41) is 9.79. The number of halogens is 3. The third kappa shape index (κ3) is 5.21. The molecular weight excluding hydrogens is 357 g/mol. The van der Waals surface area contributed by atoms with Crippen LogP contribution in [-0.2, 0) is 20.9 Å². The van der Waals surface area contributed by atoms with E-state index in [1.807, 2.05) is 12.1 Å². The van der Waals surface area contributed by atoms with Gasteiger partial charge in [-0.3, -0.25) is 9.69 Å². The summed E-state index contributed by atoms with van der Waals surface area (Å²) in [5.41, 5.74) is 0. The Labute approximate surface area is 148 Å². The molecule has 0 aliphatic carbocycles. The van der Waals surface area contributed by atoms with Crippen molar-refractivity contribution in [3.05, 3.63) is 24.2 Å². The number of fused-ring (bicyclic) bond motifs is 1. The first-order valence-corrected chi connectivity index (χ1v) is 8.16. The van der Waals surface area contributed by atoms with Crippen LogP contribution in [0.25, 0.3) is 0 Å². The van der Waals surface area contributed by atoms with Crippen molar-refractivity contribution in [2.45, 2.75) is 50.2 Å². The summed E-state index contributed by atoms with van der Waals surface area (Å²) < 4.78 is 43.1. The van der Waals surface area contributed by atoms with Crippen molar-refractivity contribution in [1.82, 2.24) is 10.2 Å². The Balaban J connectivity index is 0.000000298. The van der Waals surface area contributed by atoms with Gasteiger partial charge >= 0.3 is 12.1 Å². The molecule has 2 N–H and O–H groups in total. The normalized spacial score (nSPS) is 25.8. The molecule has 0 unspecified atom stereocenters. The minimum atomic E-state index is -5.08. The van der Waals surface area contributed by atoms with Crippen LogP contribution in [0, 0.1) is 0 Å². The van der Waals surface area contributed by atoms with Crippen LogP contribution in [-0.4, -0.2) is 59.9 Å². The first-order chi connectivity index (χ1) is 12.2. The number of nitrogens with zero attached hydrogens (tertiary/aromatic N) is 1. The SMILES string of the molecule is CNC(=O)[C@@H]1CC[C@@H]2[C@@H](CCN2Cc2ccco2)O1.O=C(O)C(F)(F)F. The zero-order chi connectivity index (χ0) is 19.3. The maximum absolute atomic E-state index is 11.6. The molecule has 2 saturated heterocycles. The molecule has 2 aliphatic rings. The van der Waals surface area contributed by atoms with Crippen molar-refractivity contribution < 1.29 is 37.0 Å². The standard InChI is InChI=1S/C14H20N2O3.C2HF3O2/c1-15-14(17)13-5-4-11-12(19-13)6-7-16(11)9-10-3-2-8-18-10;3-2(4,5)1(6)7/h2-3,8,11-13H,4-7,9H2,1H3,(H,15,17);(H,6,7)/t11-,12-,13+;/m1./s1. The number of aliphatic carboxylic acids is 1. The second kappa shape index (κ2) is 8.54. The quantitative estimate of drug-likeness (QED) is 0.833. The fraction of sp³-hybridized carbons (Fsp3) is 0.625. The molecule has 26 heavy (non-hydrogen) atoms. The van der Waals surface area contributed by atoms with E-state index < -0.39 is 12.1 Å². The van der Waals surface area contributed by atoms with E-state index in [4.69, 9.17) is 19.1 Å². The monoisotopic (exact) mass is 378 g/mol. The zero-order valence-electron chi connectivity index (χ0n) is 14.2. The van der Waals surface area contributed by atoms with Gasteiger partial charge in [0.05, 0.1) is 18.9 Å². The predicted octanol–water partition coefficient (Wildman–Crippen LogP) is 1.78. The molecule has 0 saturated carbocycles. The molecule has 146 valence electrons. The molecule has 7 nitrogen and oxygen atoms in total. The summed E-state index contributed by atoms with van der Waals surface area (Å²) in [6.45, 7) is 1.85. The number of carboxylic acids is 1. The van der Waals surface area contributed by atoms with Crippen LogP contribution in [0.3, 0.4) is 0 Å². The molecule has 0 radical (unpaired) electrons. The minimum absolute atomic E-state index is 0.00272. The number of alkyl halides is 3. The number of carbonyl (C=O) groups is 2. The van der Waals surface area contributed by atoms with Gasteiger partial charge in [-0.05, 0) is 31.4 Å². The van der Waals surface area contributed by atoms with Gasteiger partial charge in [-0.2, -0.15) is 13.2 Å². The molecular formula is C16H21F3N2O5. The highest BCUT2D eigenvalue weighted by molar-refractivity contribution is 5.80. The number of carboxylic acid groups (broad SMARTS) is 1. The Hall–Kier alpha value is -2.07. The van der Waals surface area contributed by atoms with Crippen molar-refractivity contribution in [2.75, 3.05) is 13.6 Å². The lowest BCUT2D eigenvalue weighted by Gasteiger charge is -2.35. The van der Waals surface area contributed by atoms with Gasteiger partial charge in [0, 0.05) is 19.6 Å². The van der Waals surface area contributed by atoms with Gasteiger partial charge in [-0.25, -0.2) is 4.79 Å². The van der Waals surface area contributed by atoms with Gasteiger partial charge in [0.25, 0.3) is 0 Å². The number of likely N-dealkylation sites (N-methyl/N-ethyl adjacent to an activating group) is 1. The summed E-state index contributed by atoms with van der Waals surface area (Å²) in [4.78, 5) is 22.9. The van der Waals surface area contributed by atoms with Crippen LogP contribution >= 0.6 is 0 Å². The number of amides is 1. The lowest BCUT2D eigenvalue weighted by molar-refractivity contribution is -0.192. The Kier molecular flexibility index (Phi) is 6.65. The molecule has 3 heterocycles. The zero-order valence-corrected chi connectivity index (χ0v) is 14.2. The highest BCUT2D eigenvalue weighted by Crippen LogP contribution is 2.32. The first-order valence-electron chi connectivity index (χ1n) is 8.16. The van der Waals surface area contributed by atoms with E-state index in [-0.39, 0.29) is 18.1 Å². The molecule has 3 rings (SSSR count). The predicted molar refractivity (Wildman–Crippen MR) is 83.2 cm³/mol. The molecule has 1 amide bonds. The number of ether oxygens (including phenoxy) is 1. The second-order valence-corrected chi connectivity index (χ2v) is 6.06. The second-order valence-electron chi connectivity index (χ2n) is 6.06. The Morgan fingerprint density at radius 2 is 2.04 bits per heavy atom. The number of rotatable bonds is 3. The third-order valence-corrected chi connectivity index (χ3v) is 4.38. The highest BCUT2D eigenvalue weighted by Gasteiger charge is 2.41. The number of likely N-dealkylation sites (tertiary alicyclic amines) is 1. The summed E-state index contributed by atoms with van der Waals surface area (Å²) in [5.74, 6) is -1.76. The summed E-state index contributed by atoms with van der Waals surface area (Å²) >= 11 is 0. The van der Waals surface area contributed by atoms with E-state index in [0.29, 0.717) is 6.04 Å². The van der Waals surface area contributed by atoms with Gasteiger partial charge in [0.15, 0.2) is 0 Å². The van der Waals surface area contributed by atoms with Crippen LogP contribution in [0.1, 0.15) is 25.0 Å². The summed E-state index contributed by atoms with van der Waals surface area (Å²) in [6, 6.07) is 4.35. The van der Waals surface area contributed by atoms with E-state index in [0.717, 1.165) is 38.1 Å². The van der Waals surface area contributed by atoms with Crippen molar-refractivity contribution in [3.8, 4) is 0 Å². The maximum atomic E-state index is 11.6. The number of carbonyl (C=O) groups excluding carboxylic acids is 1. The topological polar surface area (TPSA) is 92.0 Å². The van der Waals surface area contributed by atoms with Crippen LogP contribution in [0.15, 0.2) is 22.8 Å². The third-order valence-electron chi connectivity index (χ3n) is 4.38. The largest absolute Gasteiger partial charge is 0.490 e. The van der Waals surface area contributed by atoms with E-state index in [2.05, 4.69) is 10.2 Å². The van der Waals surface area contributed by atoms with E-state index >= 15 is 0 Å². The number of hydrogen-bond acceptors (Lipinski definition) is 5. The number of hydrogen-bond donors (Lipinski definition) is 2. The van der Waals surface area contributed by atoms with E-state index in [9.17, 15) is 18.0 Å². The van der Waals surface area contributed by atoms with E-state index in [1.165, 1.54) is 0 Å². The molecule has 1 aromatic rings. The molecule has 0 bridgehead atoms. The molecule has 2 aliphatic heterocycles. The van der Waals surface area contributed by atoms with Crippen LogP contribution in [0.4, 0.5) is 13.2 Å². The Morgan fingerprint density at radius 3 is 2.58 bits per heavy atom. The molecule has 10 heteroatoms. The van der Waals surface area contributed by atoms with Crippen LogP contribution in [0.5, 0.6) is 0 Å². The molecule has 2 fully saturated rings. The minimum Gasteiger partial charge on any atom is -0.475 e. The van der Waals surface area contributed by atoms with Crippen molar-refractivity contribution in [2.24, 2.45) is 0 Å². The van der Waals surface area contributed by atoms with Crippen molar-refractivity contribution in [1.29, 1.82) is 0 Å². The molecule has 0 aromatic carbocycles. The van der Waals surface area contributed by atoms with E-state index in [1.54, 1.807) is 13.3 Å². The van der Waals surface area contributed by atoms with Gasteiger partial charge in [0.2, 0.25) is 5.91 Å². The lowest BCUT2D eigenvalue weighted by atomic mass is 9.98. The highest BCUT2D eigenvalue weighted by atomic mass is 19.4. The lowest BCUT2D eigenvalue weighted by Crippen LogP contribution is -2.47. The smallest absolute Gasteiger partial charge is 0.475 e. The Morgan fingerprint density at radius 1 is 1.35 bits per heavy atom. The Bertz CT molecular complexity index is 606. The fourth-order valence-corrected chi connectivity index (χ4v) is 3.17. The number of nitrogens with one attached hydrogen (secondary N) is 1. The average molecular weight is 378 g/mol.